The Kier molecular flexibility index (Phi) is 6.25. The Bertz CT molecular complexity index is 1250. The Balaban J connectivity index is 2.21. The van der Waals surface area contributed by atoms with Gasteiger partial charge in [0.2, 0.25) is 11.2 Å². The zero-order valence-electron chi connectivity index (χ0n) is 16.4. The van der Waals surface area contributed by atoms with Crippen LogP contribution in [0.15, 0.2) is 33.9 Å². The predicted octanol–water partition coefficient (Wildman–Crippen LogP) is 3.78. The monoisotopic (exact) mass is 445 g/mol. The third-order valence-electron chi connectivity index (χ3n) is 4.20. The molecule has 154 valence electrons. The van der Waals surface area contributed by atoms with E-state index in [1.54, 1.807) is 12.1 Å². The number of H-pyrrole nitrogens is 1. The Morgan fingerprint density at radius 3 is 2.57 bits per heavy atom. The number of hydrogen-bond acceptors (Lipinski definition) is 6. The van der Waals surface area contributed by atoms with E-state index < -0.39 is 11.2 Å². The Morgan fingerprint density at radius 2 is 1.93 bits per heavy atom. The van der Waals surface area contributed by atoms with Crippen LogP contribution in [0.2, 0.25) is 10.4 Å². The molecule has 0 unspecified atom stereocenters. The van der Waals surface area contributed by atoms with Crippen molar-refractivity contribution in [2.24, 2.45) is 0 Å². The lowest BCUT2D eigenvalue weighted by Crippen LogP contribution is -2.34. The molecule has 0 aliphatic heterocycles. The van der Waals surface area contributed by atoms with Gasteiger partial charge in [-0.1, -0.05) is 25.4 Å². The summed E-state index contributed by atoms with van der Waals surface area (Å²) in [5.74, 6) is 0.124. The Hall–Kier alpha value is -3.15. The highest BCUT2D eigenvalue weighted by Crippen LogP contribution is 2.29. The summed E-state index contributed by atoms with van der Waals surface area (Å²) in [5.41, 5.74) is 0.593. The number of rotatable bonds is 5. The quantitative estimate of drug-likeness (QED) is 0.472. The van der Waals surface area contributed by atoms with Gasteiger partial charge >= 0.3 is 5.69 Å². The average molecular weight is 446 g/mol. The fourth-order valence-corrected chi connectivity index (χ4v) is 3.44. The van der Waals surface area contributed by atoms with Crippen LogP contribution in [0.25, 0.3) is 0 Å². The van der Waals surface area contributed by atoms with E-state index in [1.807, 2.05) is 20.8 Å². The number of nitrogens with one attached hydrogen (secondary N) is 1. The number of aromatic amines is 1. The number of benzene rings is 1. The van der Waals surface area contributed by atoms with Gasteiger partial charge in [0.05, 0.1) is 29.4 Å². The van der Waals surface area contributed by atoms with Crippen molar-refractivity contribution in [2.75, 3.05) is 0 Å². The highest BCUT2D eigenvalue weighted by Gasteiger charge is 2.21. The number of nitriles is 1. The molecule has 0 fully saturated rings. The molecule has 2 aromatic heterocycles. The molecule has 8 nitrogen and oxygen atoms in total. The van der Waals surface area contributed by atoms with Crippen LogP contribution in [0, 0.1) is 18.3 Å². The van der Waals surface area contributed by atoms with Gasteiger partial charge in [0, 0.05) is 0 Å². The molecule has 0 aliphatic rings. The van der Waals surface area contributed by atoms with E-state index in [0.717, 1.165) is 5.56 Å². The molecule has 10 heteroatoms. The van der Waals surface area contributed by atoms with Crippen LogP contribution in [0.1, 0.15) is 42.1 Å². The smallest absolute Gasteiger partial charge is 0.331 e. The van der Waals surface area contributed by atoms with Crippen molar-refractivity contribution in [1.29, 1.82) is 5.26 Å². The average Bonchev–Trinajstić information content (AvgIpc) is 2.63. The first kappa shape index (κ1) is 21.6. The van der Waals surface area contributed by atoms with Crippen LogP contribution in [-0.2, 0) is 6.54 Å². The van der Waals surface area contributed by atoms with E-state index in [2.05, 4.69) is 21.0 Å². The number of halogens is 2. The molecule has 0 atom stereocenters. The van der Waals surface area contributed by atoms with Gasteiger partial charge in [-0.05, 0) is 54.3 Å². The fourth-order valence-electron chi connectivity index (χ4n) is 2.99. The Morgan fingerprint density at radius 1 is 1.20 bits per heavy atom. The van der Waals surface area contributed by atoms with E-state index in [0.29, 0.717) is 17.0 Å². The summed E-state index contributed by atoms with van der Waals surface area (Å²) in [6.07, 6.45) is 0. The van der Waals surface area contributed by atoms with Crippen molar-refractivity contribution in [3.8, 4) is 17.7 Å². The summed E-state index contributed by atoms with van der Waals surface area (Å²) < 4.78 is 7.24. The zero-order chi connectivity index (χ0) is 22.0. The second-order valence-corrected chi connectivity index (χ2v) is 7.64. The van der Waals surface area contributed by atoms with Gasteiger partial charge in [-0.3, -0.25) is 14.3 Å². The minimum Gasteiger partial charge on any atom is -0.440 e. The molecule has 0 saturated carbocycles. The lowest BCUT2D eigenvalue weighted by molar-refractivity contribution is 0.409. The van der Waals surface area contributed by atoms with E-state index in [9.17, 15) is 14.9 Å². The molecular weight excluding hydrogens is 429 g/mol. The first-order valence-corrected chi connectivity index (χ1v) is 9.69. The van der Waals surface area contributed by atoms with Crippen LogP contribution < -0.4 is 16.0 Å². The number of aromatic nitrogens is 4. The maximum absolute atomic E-state index is 12.7. The number of nitrogens with zero attached hydrogens (tertiary/aromatic N) is 4. The molecule has 0 radical (unpaired) electrons. The van der Waals surface area contributed by atoms with Gasteiger partial charge in [-0.15, -0.1) is 0 Å². The van der Waals surface area contributed by atoms with Crippen LogP contribution in [0.4, 0.5) is 0 Å². The van der Waals surface area contributed by atoms with Gasteiger partial charge in [-0.2, -0.15) is 5.26 Å². The van der Waals surface area contributed by atoms with E-state index in [4.69, 9.17) is 27.9 Å². The standard InChI is InChI=1S/C20H17Cl2N5O3/c1-10(2)16-17(28)26-20(29)27(9-13-7-15(21)25-19(22)24-13)18(16)30-14-5-11(3)4-12(6-14)8-23/h4-7,10H,9H2,1-3H3,(H,26,28,29). The summed E-state index contributed by atoms with van der Waals surface area (Å²) in [6.45, 7) is 5.36. The molecule has 0 aliphatic carbocycles. The molecule has 0 bridgehead atoms. The van der Waals surface area contributed by atoms with E-state index >= 15 is 0 Å². The molecule has 0 amide bonds. The molecule has 30 heavy (non-hydrogen) atoms. The van der Waals surface area contributed by atoms with Gasteiger partial charge in [-0.25, -0.2) is 14.8 Å². The molecule has 2 heterocycles. The minimum atomic E-state index is -0.682. The number of ether oxygens (including phenoxy) is 1. The first-order chi connectivity index (χ1) is 14.2. The van der Waals surface area contributed by atoms with Crippen molar-refractivity contribution in [2.45, 2.75) is 33.2 Å². The second kappa shape index (κ2) is 8.69. The maximum atomic E-state index is 12.7. The second-order valence-electron chi connectivity index (χ2n) is 6.92. The largest absolute Gasteiger partial charge is 0.440 e. The maximum Gasteiger partial charge on any atom is 0.331 e. The molecular formula is C20H17Cl2N5O3. The summed E-state index contributed by atoms with van der Waals surface area (Å²) in [6, 6.07) is 8.46. The summed E-state index contributed by atoms with van der Waals surface area (Å²) in [4.78, 5) is 35.4. The van der Waals surface area contributed by atoms with Crippen LogP contribution in [0.3, 0.4) is 0 Å². The first-order valence-electron chi connectivity index (χ1n) is 8.93. The molecule has 1 N–H and O–H groups in total. The molecule has 1 aromatic carbocycles. The van der Waals surface area contributed by atoms with Gasteiger partial charge in [0.25, 0.3) is 5.56 Å². The lowest BCUT2D eigenvalue weighted by Gasteiger charge is -2.18. The van der Waals surface area contributed by atoms with E-state index in [-0.39, 0.29) is 34.3 Å². The third kappa shape index (κ3) is 4.70. The van der Waals surface area contributed by atoms with Gasteiger partial charge in [0.1, 0.15) is 10.9 Å². The van der Waals surface area contributed by atoms with Gasteiger partial charge < -0.3 is 4.74 Å². The van der Waals surface area contributed by atoms with Crippen LogP contribution in [-0.4, -0.2) is 19.5 Å². The predicted molar refractivity (Wildman–Crippen MR) is 113 cm³/mol. The summed E-state index contributed by atoms with van der Waals surface area (Å²) in [7, 11) is 0. The van der Waals surface area contributed by atoms with Gasteiger partial charge in [0.15, 0.2) is 0 Å². The molecule has 3 rings (SSSR count). The SMILES string of the molecule is Cc1cc(C#N)cc(Oc2c(C(C)C)c(=O)[nH]c(=O)n2Cc2cc(Cl)nc(Cl)n2)c1. The van der Waals surface area contributed by atoms with Crippen molar-refractivity contribution in [3.05, 3.63) is 77.9 Å². The third-order valence-corrected chi connectivity index (χ3v) is 4.56. The Labute approximate surface area is 181 Å². The molecule has 0 saturated heterocycles. The van der Waals surface area contributed by atoms with Crippen molar-refractivity contribution < 1.29 is 4.74 Å². The van der Waals surface area contributed by atoms with Crippen LogP contribution >= 0.6 is 23.2 Å². The normalized spacial score (nSPS) is 10.8. The van der Waals surface area contributed by atoms with Crippen molar-refractivity contribution in [1.82, 2.24) is 19.5 Å². The number of aryl methyl sites for hydroxylation is 1. The fraction of sp³-hybridized carbons (Fsp3) is 0.250. The molecule has 3 aromatic rings. The zero-order valence-corrected chi connectivity index (χ0v) is 17.9. The summed E-state index contributed by atoms with van der Waals surface area (Å²) in [5, 5.41) is 9.28. The lowest BCUT2D eigenvalue weighted by atomic mass is 10.1. The topological polar surface area (TPSA) is 114 Å². The highest BCUT2D eigenvalue weighted by atomic mass is 35.5. The molecule has 0 spiro atoms. The van der Waals surface area contributed by atoms with Crippen molar-refractivity contribution in [3.63, 3.8) is 0 Å². The minimum absolute atomic E-state index is 0.0547. The summed E-state index contributed by atoms with van der Waals surface area (Å²) >= 11 is 11.8. The number of hydrogen-bond donors (Lipinski definition) is 1. The van der Waals surface area contributed by atoms with Crippen LogP contribution in [0.5, 0.6) is 11.6 Å². The van der Waals surface area contributed by atoms with Crippen molar-refractivity contribution >= 4 is 23.2 Å². The highest BCUT2D eigenvalue weighted by molar-refractivity contribution is 6.31. The van der Waals surface area contributed by atoms with E-state index in [1.165, 1.54) is 16.7 Å².